The predicted octanol–water partition coefficient (Wildman–Crippen LogP) is 1.67. The Hall–Kier alpha value is 0.260. The number of hydrogen-bond acceptors (Lipinski definition) is 4. The molecule has 62 valence electrons. The Morgan fingerprint density at radius 3 is 2.91 bits per heavy atom. The molecule has 1 aliphatic rings. The first kappa shape index (κ1) is 9.35. The van der Waals surface area contributed by atoms with Crippen molar-refractivity contribution in [3.05, 3.63) is 0 Å². The summed E-state index contributed by atoms with van der Waals surface area (Å²) in [4.78, 5) is 6.22. The van der Waals surface area contributed by atoms with Crippen molar-refractivity contribution in [2.24, 2.45) is 4.99 Å². The maximum Gasteiger partial charge on any atom is 0.142 e. The lowest BCUT2D eigenvalue weighted by Gasteiger charge is -2.11. The summed E-state index contributed by atoms with van der Waals surface area (Å²) >= 11 is 8.48. The summed E-state index contributed by atoms with van der Waals surface area (Å²) in [5, 5.41) is 0. The summed E-state index contributed by atoms with van der Waals surface area (Å²) < 4.78 is 2.00. The van der Waals surface area contributed by atoms with Crippen LogP contribution >= 0.6 is 35.7 Å². The molecule has 1 aliphatic heterocycles. The van der Waals surface area contributed by atoms with Crippen LogP contribution in [0, 0.1) is 0 Å². The maximum absolute atomic E-state index is 5.11. The largest absolute Gasteiger partial charge is 0.363 e. The van der Waals surface area contributed by atoms with Crippen LogP contribution in [0.1, 0.15) is 0 Å². The van der Waals surface area contributed by atoms with Gasteiger partial charge in [0.25, 0.3) is 0 Å². The van der Waals surface area contributed by atoms with E-state index in [1.165, 1.54) is 0 Å². The molecule has 0 spiro atoms. The van der Waals surface area contributed by atoms with Crippen molar-refractivity contribution < 1.29 is 0 Å². The summed E-state index contributed by atoms with van der Waals surface area (Å²) in [5.74, 6) is 1.11. The van der Waals surface area contributed by atoms with Crippen molar-refractivity contribution in [1.29, 1.82) is 0 Å². The molecule has 0 saturated heterocycles. The van der Waals surface area contributed by atoms with Crippen LogP contribution in [-0.4, -0.2) is 40.0 Å². The van der Waals surface area contributed by atoms with Gasteiger partial charge in [-0.3, -0.25) is 4.99 Å². The van der Waals surface area contributed by atoms with Crippen LogP contribution in [0.25, 0.3) is 0 Å². The lowest BCUT2D eigenvalue weighted by molar-refractivity contribution is 0.648. The van der Waals surface area contributed by atoms with Gasteiger partial charge in [-0.2, -0.15) is 0 Å². The van der Waals surface area contributed by atoms with E-state index in [1.54, 1.807) is 23.5 Å². The summed E-state index contributed by atoms with van der Waals surface area (Å²) in [7, 11) is 3.91. The summed E-state index contributed by atoms with van der Waals surface area (Å²) in [6, 6.07) is 0. The Balaban J connectivity index is 2.35. The molecule has 2 nitrogen and oxygen atoms in total. The average molecular weight is 206 g/mol. The molecule has 0 saturated carbocycles. The van der Waals surface area contributed by atoms with Gasteiger partial charge in [-0.1, -0.05) is 24.0 Å². The van der Waals surface area contributed by atoms with Crippen LogP contribution in [-0.2, 0) is 0 Å². The third kappa shape index (κ3) is 3.01. The Morgan fingerprint density at radius 2 is 2.45 bits per heavy atom. The van der Waals surface area contributed by atoms with Crippen LogP contribution in [0.3, 0.4) is 0 Å². The van der Waals surface area contributed by atoms with Gasteiger partial charge >= 0.3 is 0 Å². The highest BCUT2D eigenvalue weighted by molar-refractivity contribution is 8.47. The van der Waals surface area contributed by atoms with Crippen molar-refractivity contribution in [2.75, 3.05) is 26.4 Å². The zero-order valence-corrected chi connectivity index (χ0v) is 8.98. The molecule has 0 aromatic heterocycles. The van der Waals surface area contributed by atoms with Gasteiger partial charge in [0.1, 0.15) is 8.70 Å². The van der Waals surface area contributed by atoms with E-state index in [2.05, 4.69) is 4.99 Å². The summed E-state index contributed by atoms with van der Waals surface area (Å²) in [6.07, 6.45) is 0. The smallest absolute Gasteiger partial charge is 0.142 e. The van der Waals surface area contributed by atoms with Crippen LogP contribution in [0.4, 0.5) is 0 Å². The summed E-state index contributed by atoms with van der Waals surface area (Å²) in [6.45, 7) is 0.947. The van der Waals surface area contributed by atoms with Crippen LogP contribution in [0.15, 0.2) is 4.99 Å². The highest BCUT2D eigenvalue weighted by atomic mass is 32.2. The number of rotatable bonds is 0. The molecule has 0 fully saturated rings. The molecule has 0 aliphatic carbocycles. The van der Waals surface area contributed by atoms with Gasteiger partial charge in [-0.25, -0.2) is 0 Å². The zero-order chi connectivity index (χ0) is 8.27. The zero-order valence-electron chi connectivity index (χ0n) is 6.53. The van der Waals surface area contributed by atoms with Gasteiger partial charge in [0.2, 0.25) is 0 Å². The molecular weight excluding hydrogens is 196 g/mol. The van der Waals surface area contributed by atoms with E-state index in [9.17, 15) is 0 Å². The fraction of sp³-hybridized carbons (Fsp3) is 0.667. The van der Waals surface area contributed by atoms with Gasteiger partial charge in [-0.05, 0) is 11.8 Å². The van der Waals surface area contributed by atoms with E-state index in [-0.39, 0.29) is 0 Å². The monoisotopic (exact) mass is 206 g/mol. The molecule has 5 heteroatoms. The molecule has 0 N–H and O–H groups in total. The molecule has 1 rings (SSSR count). The number of thiocarbonyl (C=S) groups is 1. The summed E-state index contributed by atoms with van der Waals surface area (Å²) in [5.41, 5.74) is 0. The number of aliphatic imine (C=N–C) groups is 1. The molecule has 0 unspecified atom stereocenters. The van der Waals surface area contributed by atoms with E-state index >= 15 is 0 Å². The third-order valence-electron chi connectivity index (χ3n) is 1.10. The van der Waals surface area contributed by atoms with Crippen molar-refractivity contribution in [1.82, 2.24) is 4.90 Å². The van der Waals surface area contributed by atoms with Crippen molar-refractivity contribution in [2.45, 2.75) is 0 Å². The van der Waals surface area contributed by atoms with Gasteiger partial charge < -0.3 is 4.90 Å². The quantitative estimate of drug-likeness (QED) is 0.560. The standard InChI is InChI=1S/C6H10N2S3/c1-8(2)6(9)11-5-7-3-4-10-5/h3-4H2,1-2H3. The van der Waals surface area contributed by atoms with Crippen molar-refractivity contribution in [3.63, 3.8) is 0 Å². The van der Waals surface area contributed by atoms with Gasteiger partial charge in [-0.15, -0.1) is 0 Å². The average Bonchev–Trinajstić information content (AvgIpc) is 2.39. The molecule has 0 amide bonds. The maximum atomic E-state index is 5.11. The normalized spacial score (nSPS) is 16.4. The van der Waals surface area contributed by atoms with E-state index in [4.69, 9.17) is 12.2 Å². The fourth-order valence-corrected chi connectivity index (χ4v) is 2.69. The van der Waals surface area contributed by atoms with Crippen LogP contribution in [0.2, 0.25) is 0 Å². The minimum atomic E-state index is 0.887. The Kier molecular flexibility index (Phi) is 3.68. The number of nitrogens with zero attached hydrogens (tertiary/aromatic N) is 2. The van der Waals surface area contributed by atoms with E-state index in [0.29, 0.717) is 0 Å². The topological polar surface area (TPSA) is 15.6 Å². The fourth-order valence-electron chi connectivity index (χ4n) is 0.543. The van der Waals surface area contributed by atoms with Crippen LogP contribution in [0.5, 0.6) is 0 Å². The first-order valence-electron chi connectivity index (χ1n) is 3.26. The molecule has 1 heterocycles. The minimum Gasteiger partial charge on any atom is -0.363 e. The molecular formula is C6H10N2S3. The second kappa shape index (κ2) is 4.33. The molecule has 11 heavy (non-hydrogen) atoms. The Morgan fingerprint density at radius 1 is 1.73 bits per heavy atom. The third-order valence-corrected chi connectivity index (χ3v) is 3.92. The van der Waals surface area contributed by atoms with Crippen molar-refractivity contribution >= 4 is 44.4 Å². The first-order chi connectivity index (χ1) is 5.20. The lowest BCUT2D eigenvalue weighted by atomic mass is 10.8. The number of thioether (sulfide) groups is 2. The second-order valence-electron chi connectivity index (χ2n) is 2.26. The highest BCUT2D eigenvalue weighted by Gasteiger charge is 2.10. The number of hydrogen-bond donors (Lipinski definition) is 0. The molecule has 0 atom stereocenters. The Bertz CT molecular complexity index is 188. The molecule has 0 aromatic carbocycles. The van der Waals surface area contributed by atoms with E-state index in [0.717, 1.165) is 21.0 Å². The Labute approximate surface area is 80.8 Å². The predicted molar refractivity (Wildman–Crippen MR) is 58.6 cm³/mol. The van der Waals surface area contributed by atoms with Crippen molar-refractivity contribution in [3.8, 4) is 0 Å². The van der Waals surface area contributed by atoms with Gasteiger partial charge in [0.15, 0.2) is 0 Å². The van der Waals surface area contributed by atoms with Crippen LogP contribution < -0.4 is 0 Å². The van der Waals surface area contributed by atoms with Gasteiger partial charge in [0, 0.05) is 19.8 Å². The minimum absolute atomic E-state index is 0.887. The highest BCUT2D eigenvalue weighted by Crippen LogP contribution is 2.23. The SMILES string of the molecule is CN(C)C(=S)SC1=NCCS1. The second-order valence-corrected chi connectivity index (χ2v) is 5.22. The van der Waals surface area contributed by atoms with Gasteiger partial charge in [0.05, 0.1) is 6.54 Å². The first-order valence-corrected chi connectivity index (χ1v) is 5.47. The molecule has 0 radical (unpaired) electrons. The lowest BCUT2D eigenvalue weighted by Crippen LogP contribution is -2.16. The molecule has 0 aromatic rings. The molecule has 0 bridgehead atoms. The van der Waals surface area contributed by atoms with E-state index < -0.39 is 0 Å². The van der Waals surface area contributed by atoms with E-state index in [1.807, 2.05) is 19.0 Å².